The maximum atomic E-state index is 11.4. The number of hydrogen-bond acceptors (Lipinski definition) is 3. The van der Waals surface area contributed by atoms with Crippen LogP contribution in [0.2, 0.25) is 0 Å². The van der Waals surface area contributed by atoms with Crippen molar-refractivity contribution in [2.45, 2.75) is 38.6 Å². The zero-order valence-corrected chi connectivity index (χ0v) is 13.0. The lowest BCUT2D eigenvalue weighted by molar-refractivity contribution is -0.385. The molecule has 1 aromatic carbocycles. The van der Waals surface area contributed by atoms with E-state index in [4.69, 9.17) is 0 Å². The van der Waals surface area contributed by atoms with E-state index in [1.54, 1.807) is 12.1 Å². The molecule has 2 heterocycles. The van der Waals surface area contributed by atoms with Crippen LogP contribution in [0.1, 0.15) is 38.2 Å². The highest BCUT2D eigenvalue weighted by atomic mass is 16.6. The molecule has 4 rings (SSSR count). The van der Waals surface area contributed by atoms with E-state index >= 15 is 0 Å². The fourth-order valence-electron chi connectivity index (χ4n) is 5.07. The molecular formula is C18H22N2O2. The highest BCUT2D eigenvalue weighted by Crippen LogP contribution is 2.52. The number of nitrogens with zero attached hydrogens (tertiary/aromatic N) is 2. The lowest BCUT2D eigenvalue weighted by Crippen LogP contribution is -2.47. The van der Waals surface area contributed by atoms with E-state index in [-0.39, 0.29) is 10.6 Å². The normalized spacial score (nSPS) is 30.7. The summed E-state index contributed by atoms with van der Waals surface area (Å²) in [5, 5.41) is 11.4. The molecule has 4 heteroatoms. The van der Waals surface area contributed by atoms with Crippen LogP contribution in [0.15, 0.2) is 29.8 Å². The summed E-state index contributed by atoms with van der Waals surface area (Å²) in [4.78, 5) is 13.8. The maximum absolute atomic E-state index is 11.4. The first kappa shape index (κ1) is 13.9. The Hall–Kier alpha value is -1.68. The predicted molar refractivity (Wildman–Crippen MR) is 86.5 cm³/mol. The van der Waals surface area contributed by atoms with Crippen LogP contribution >= 0.6 is 0 Å². The third-order valence-corrected chi connectivity index (χ3v) is 5.96. The molecule has 3 atom stereocenters. The zero-order valence-electron chi connectivity index (χ0n) is 13.0. The Labute approximate surface area is 131 Å². The molecule has 1 saturated carbocycles. The van der Waals surface area contributed by atoms with E-state index in [1.165, 1.54) is 30.5 Å². The zero-order chi connectivity index (χ0) is 15.3. The van der Waals surface area contributed by atoms with Gasteiger partial charge in [-0.25, -0.2) is 0 Å². The summed E-state index contributed by atoms with van der Waals surface area (Å²) >= 11 is 0. The van der Waals surface area contributed by atoms with Gasteiger partial charge in [0.15, 0.2) is 0 Å². The van der Waals surface area contributed by atoms with Gasteiger partial charge in [-0.15, -0.1) is 0 Å². The van der Waals surface area contributed by atoms with E-state index in [9.17, 15) is 10.1 Å². The summed E-state index contributed by atoms with van der Waals surface area (Å²) in [6.45, 7) is 4.56. The average molecular weight is 298 g/mol. The molecule has 1 aliphatic carbocycles. The van der Waals surface area contributed by atoms with Gasteiger partial charge in [-0.2, -0.15) is 0 Å². The number of fused-ring (bicyclic) bond motifs is 1. The topological polar surface area (TPSA) is 46.4 Å². The molecule has 0 spiro atoms. The molecule has 2 aliphatic heterocycles. The van der Waals surface area contributed by atoms with Gasteiger partial charge in [0.2, 0.25) is 0 Å². The molecule has 4 nitrogen and oxygen atoms in total. The van der Waals surface area contributed by atoms with Crippen molar-refractivity contribution in [1.82, 2.24) is 4.90 Å². The van der Waals surface area contributed by atoms with E-state index < -0.39 is 0 Å². The number of nitro groups is 1. The van der Waals surface area contributed by atoms with Crippen LogP contribution < -0.4 is 0 Å². The molecule has 2 bridgehead atoms. The van der Waals surface area contributed by atoms with Crippen LogP contribution in [0.4, 0.5) is 5.69 Å². The molecule has 0 aromatic heterocycles. The second kappa shape index (κ2) is 5.20. The lowest BCUT2D eigenvalue weighted by atomic mass is 9.82. The Morgan fingerprint density at radius 3 is 2.91 bits per heavy atom. The monoisotopic (exact) mass is 298 g/mol. The minimum atomic E-state index is -0.229. The first-order chi connectivity index (χ1) is 10.7. The standard InChI is InChI=1S/C18H22N2O2/c1-2-13-12-7-9-19-10-8-14(16(11-12)18(13)19)15-5-3-4-6-17(15)20(21)22/h3-6,12-13,18H,2,7-11H2,1H3/t12-,13+,18-/m1/s1. The molecule has 0 unspecified atom stereocenters. The molecule has 0 N–H and O–H groups in total. The van der Waals surface area contributed by atoms with Gasteiger partial charge < -0.3 is 0 Å². The van der Waals surface area contributed by atoms with Crippen LogP contribution in [-0.4, -0.2) is 29.0 Å². The van der Waals surface area contributed by atoms with E-state index in [0.717, 1.165) is 36.8 Å². The summed E-state index contributed by atoms with van der Waals surface area (Å²) in [6.07, 6.45) is 4.63. The second-order valence-electron chi connectivity index (χ2n) is 6.83. The molecular weight excluding hydrogens is 276 g/mol. The number of piperidine rings is 1. The molecule has 22 heavy (non-hydrogen) atoms. The average Bonchev–Trinajstić information content (AvgIpc) is 2.86. The van der Waals surface area contributed by atoms with Crippen LogP contribution in [0.25, 0.3) is 5.57 Å². The van der Waals surface area contributed by atoms with Gasteiger partial charge >= 0.3 is 0 Å². The molecule has 0 amide bonds. The number of para-hydroxylation sites is 1. The maximum Gasteiger partial charge on any atom is 0.276 e. The van der Waals surface area contributed by atoms with Crippen LogP contribution in [-0.2, 0) is 0 Å². The van der Waals surface area contributed by atoms with Gasteiger partial charge in [0, 0.05) is 18.7 Å². The molecule has 1 saturated heterocycles. The molecule has 1 aromatic rings. The summed E-state index contributed by atoms with van der Waals surface area (Å²) < 4.78 is 0. The van der Waals surface area contributed by atoms with Gasteiger partial charge in [-0.05, 0) is 54.9 Å². The second-order valence-corrected chi connectivity index (χ2v) is 6.83. The molecule has 116 valence electrons. The van der Waals surface area contributed by atoms with Crippen LogP contribution in [0.3, 0.4) is 0 Å². The van der Waals surface area contributed by atoms with Gasteiger partial charge in [0.1, 0.15) is 0 Å². The SMILES string of the molecule is CC[C@H]1[C@@H]2CCN3CCC(c4ccccc4[N+](=O)[O-])=C(C2)[C@@H]13. The highest BCUT2D eigenvalue weighted by Gasteiger charge is 2.48. The Morgan fingerprint density at radius 1 is 1.32 bits per heavy atom. The minimum absolute atomic E-state index is 0.229. The largest absolute Gasteiger partial charge is 0.296 e. The Morgan fingerprint density at radius 2 is 2.14 bits per heavy atom. The van der Waals surface area contributed by atoms with Crippen molar-refractivity contribution in [3.8, 4) is 0 Å². The van der Waals surface area contributed by atoms with E-state index in [0.29, 0.717) is 6.04 Å². The third kappa shape index (κ3) is 1.93. The summed E-state index contributed by atoms with van der Waals surface area (Å²) in [5.41, 5.74) is 3.92. The predicted octanol–water partition coefficient (Wildman–Crippen LogP) is 3.87. The summed E-state index contributed by atoms with van der Waals surface area (Å²) in [7, 11) is 0. The van der Waals surface area contributed by atoms with Crippen molar-refractivity contribution in [3.63, 3.8) is 0 Å². The van der Waals surface area contributed by atoms with E-state index in [2.05, 4.69) is 11.8 Å². The summed E-state index contributed by atoms with van der Waals surface area (Å²) in [6, 6.07) is 7.84. The molecule has 2 fully saturated rings. The fraction of sp³-hybridized carbons (Fsp3) is 0.556. The van der Waals surface area contributed by atoms with Crippen molar-refractivity contribution in [1.29, 1.82) is 0 Å². The highest BCUT2D eigenvalue weighted by molar-refractivity contribution is 5.77. The van der Waals surface area contributed by atoms with Crippen molar-refractivity contribution in [2.24, 2.45) is 11.8 Å². The number of rotatable bonds is 3. The van der Waals surface area contributed by atoms with Crippen LogP contribution in [0.5, 0.6) is 0 Å². The minimum Gasteiger partial charge on any atom is -0.296 e. The van der Waals surface area contributed by atoms with Gasteiger partial charge in [-0.1, -0.05) is 25.5 Å². The Kier molecular flexibility index (Phi) is 3.30. The van der Waals surface area contributed by atoms with Crippen molar-refractivity contribution >= 4 is 11.3 Å². The first-order valence-electron chi connectivity index (χ1n) is 8.40. The Bertz CT molecular complexity index is 652. The van der Waals surface area contributed by atoms with Crippen molar-refractivity contribution in [3.05, 3.63) is 45.5 Å². The van der Waals surface area contributed by atoms with Crippen molar-refractivity contribution < 1.29 is 4.92 Å². The molecule has 3 aliphatic rings. The quantitative estimate of drug-likeness (QED) is 0.628. The van der Waals surface area contributed by atoms with Gasteiger partial charge in [0.05, 0.1) is 10.5 Å². The van der Waals surface area contributed by atoms with Gasteiger partial charge in [-0.3, -0.25) is 15.0 Å². The number of benzene rings is 1. The first-order valence-corrected chi connectivity index (χ1v) is 8.40. The fourth-order valence-corrected chi connectivity index (χ4v) is 5.07. The lowest BCUT2D eigenvalue weighted by Gasteiger charge is -2.42. The number of nitro benzene ring substituents is 1. The number of hydrogen-bond donors (Lipinski definition) is 0. The van der Waals surface area contributed by atoms with E-state index in [1.807, 2.05) is 12.1 Å². The molecule has 0 radical (unpaired) electrons. The smallest absolute Gasteiger partial charge is 0.276 e. The summed E-state index contributed by atoms with van der Waals surface area (Å²) in [5.74, 6) is 1.54. The Balaban J connectivity index is 1.85. The van der Waals surface area contributed by atoms with Crippen LogP contribution in [0, 0.1) is 22.0 Å². The third-order valence-electron chi connectivity index (χ3n) is 5.96. The van der Waals surface area contributed by atoms with Crippen molar-refractivity contribution in [2.75, 3.05) is 13.1 Å². The van der Waals surface area contributed by atoms with Gasteiger partial charge in [0.25, 0.3) is 5.69 Å².